The fourth-order valence-electron chi connectivity index (χ4n) is 2.31. The van der Waals surface area contributed by atoms with Crippen molar-refractivity contribution in [2.45, 2.75) is 12.5 Å². The summed E-state index contributed by atoms with van der Waals surface area (Å²) in [4.78, 5) is 14.0. The fraction of sp³-hybridized carbons (Fsp3) is 0.308. The molecule has 0 radical (unpaired) electrons. The molecule has 100 valence electrons. The molecule has 2 N–H and O–H groups in total. The molecule has 3 rings (SSSR count). The Kier molecular flexibility index (Phi) is 3.41. The van der Waals surface area contributed by atoms with Gasteiger partial charge in [-0.15, -0.1) is 0 Å². The number of amides is 1. The molecule has 0 saturated carbocycles. The van der Waals surface area contributed by atoms with Gasteiger partial charge in [0, 0.05) is 29.0 Å². The Morgan fingerprint density at radius 3 is 2.84 bits per heavy atom. The van der Waals surface area contributed by atoms with E-state index in [2.05, 4.69) is 31.9 Å². The van der Waals surface area contributed by atoms with Crippen molar-refractivity contribution in [3.05, 3.63) is 32.9 Å². The van der Waals surface area contributed by atoms with Gasteiger partial charge in [0.25, 0.3) is 5.91 Å². The summed E-state index contributed by atoms with van der Waals surface area (Å²) in [6.45, 7) is 1.29. The second kappa shape index (κ2) is 4.92. The zero-order valence-electron chi connectivity index (χ0n) is 10.0. The van der Waals surface area contributed by atoms with E-state index in [9.17, 15) is 4.79 Å². The smallest absolute Gasteiger partial charge is 0.289 e. The lowest BCUT2D eigenvalue weighted by molar-refractivity contribution is 0.0761. The highest BCUT2D eigenvalue weighted by atomic mass is 79.9. The highest BCUT2D eigenvalue weighted by molar-refractivity contribution is 9.11. The Bertz CT molecular complexity index is 653. The molecule has 0 unspecified atom stereocenters. The van der Waals surface area contributed by atoms with Crippen LogP contribution in [0.2, 0.25) is 0 Å². The minimum atomic E-state index is -0.0906. The Morgan fingerprint density at radius 2 is 2.16 bits per heavy atom. The van der Waals surface area contributed by atoms with Gasteiger partial charge in [-0.2, -0.15) is 0 Å². The molecule has 1 amide bonds. The fourth-order valence-corrected chi connectivity index (χ4v) is 3.65. The first kappa shape index (κ1) is 13.1. The third kappa shape index (κ3) is 2.44. The highest BCUT2D eigenvalue weighted by Gasteiger charge is 2.27. The van der Waals surface area contributed by atoms with Crippen LogP contribution in [-0.4, -0.2) is 29.9 Å². The van der Waals surface area contributed by atoms with Crippen molar-refractivity contribution in [3.8, 4) is 0 Å². The maximum Gasteiger partial charge on any atom is 0.289 e. The van der Waals surface area contributed by atoms with Crippen LogP contribution in [-0.2, 0) is 0 Å². The van der Waals surface area contributed by atoms with Crippen LogP contribution >= 0.6 is 31.9 Å². The van der Waals surface area contributed by atoms with Gasteiger partial charge in [-0.25, -0.2) is 0 Å². The molecule has 1 aromatic carbocycles. The first-order valence-electron chi connectivity index (χ1n) is 5.98. The van der Waals surface area contributed by atoms with E-state index in [-0.39, 0.29) is 11.9 Å². The topological polar surface area (TPSA) is 59.5 Å². The number of rotatable bonds is 1. The number of benzene rings is 1. The van der Waals surface area contributed by atoms with Crippen LogP contribution in [0.4, 0.5) is 0 Å². The lowest BCUT2D eigenvalue weighted by Crippen LogP contribution is -2.31. The van der Waals surface area contributed by atoms with Crippen LogP contribution in [0.1, 0.15) is 17.0 Å². The van der Waals surface area contributed by atoms with Crippen LogP contribution in [0, 0.1) is 0 Å². The maximum atomic E-state index is 12.3. The number of carbonyl (C=O) groups is 1. The molecular weight excluding hydrogens is 376 g/mol. The Labute approximate surface area is 127 Å². The van der Waals surface area contributed by atoms with Crippen LogP contribution < -0.4 is 5.73 Å². The average molecular weight is 388 g/mol. The first-order chi connectivity index (χ1) is 9.04. The lowest BCUT2D eigenvalue weighted by Gasteiger charge is -2.13. The number of halogens is 2. The summed E-state index contributed by atoms with van der Waals surface area (Å²) in [5.41, 5.74) is 6.51. The van der Waals surface area contributed by atoms with Gasteiger partial charge in [0.2, 0.25) is 0 Å². The van der Waals surface area contributed by atoms with Crippen LogP contribution in [0.5, 0.6) is 0 Å². The molecule has 0 bridgehead atoms. The van der Waals surface area contributed by atoms with Gasteiger partial charge >= 0.3 is 0 Å². The molecular formula is C13H12Br2N2O2. The summed E-state index contributed by atoms with van der Waals surface area (Å²) < 4.78 is 7.43. The van der Waals surface area contributed by atoms with Gasteiger partial charge < -0.3 is 15.1 Å². The van der Waals surface area contributed by atoms with Crippen molar-refractivity contribution >= 4 is 48.7 Å². The zero-order chi connectivity index (χ0) is 13.6. The molecule has 1 aliphatic rings. The van der Waals surface area contributed by atoms with Crippen molar-refractivity contribution in [1.29, 1.82) is 0 Å². The molecule has 4 nitrogen and oxygen atoms in total. The molecule has 19 heavy (non-hydrogen) atoms. The van der Waals surface area contributed by atoms with E-state index in [1.165, 1.54) is 0 Å². The quantitative estimate of drug-likeness (QED) is 0.817. The molecule has 2 aromatic rings. The Balaban J connectivity index is 1.97. The molecule has 1 aliphatic heterocycles. The third-order valence-electron chi connectivity index (χ3n) is 3.26. The lowest BCUT2D eigenvalue weighted by atomic mass is 10.2. The van der Waals surface area contributed by atoms with Crippen molar-refractivity contribution in [2.75, 3.05) is 13.1 Å². The molecule has 1 fully saturated rings. The third-order valence-corrected chi connectivity index (χ3v) is 4.31. The minimum Gasteiger partial charge on any atom is -0.450 e. The van der Waals surface area contributed by atoms with E-state index in [0.29, 0.717) is 24.4 Å². The van der Waals surface area contributed by atoms with Crippen molar-refractivity contribution in [2.24, 2.45) is 5.73 Å². The number of carbonyl (C=O) groups excluding carboxylic acids is 1. The maximum absolute atomic E-state index is 12.3. The number of furan rings is 1. The van der Waals surface area contributed by atoms with Crippen LogP contribution in [0.15, 0.2) is 31.6 Å². The molecule has 0 spiro atoms. The van der Waals surface area contributed by atoms with Crippen molar-refractivity contribution < 1.29 is 9.21 Å². The van der Waals surface area contributed by atoms with E-state index in [1.54, 1.807) is 11.0 Å². The molecule has 2 heterocycles. The van der Waals surface area contributed by atoms with Crippen LogP contribution in [0.3, 0.4) is 0 Å². The first-order valence-corrected chi connectivity index (χ1v) is 7.56. The Morgan fingerprint density at radius 1 is 1.37 bits per heavy atom. The second-order valence-electron chi connectivity index (χ2n) is 4.72. The summed E-state index contributed by atoms with van der Waals surface area (Å²) >= 11 is 6.85. The van der Waals surface area contributed by atoms with Crippen LogP contribution in [0.25, 0.3) is 11.0 Å². The standard InChI is InChI=1S/C13H12Br2N2O2/c14-8-3-7-4-11(19-12(7)10(15)5-8)13(18)17-2-1-9(16)6-17/h3-5,9H,1-2,6,16H2/t9-/m1/s1. The van der Waals surface area contributed by atoms with Gasteiger partial charge in [0.05, 0.1) is 4.47 Å². The number of fused-ring (bicyclic) bond motifs is 1. The summed E-state index contributed by atoms with van der Waals surface area (Å²) in [5, 5.41) is 0.896. The Hall–Kier alpha value is -0.850. The van der Waals surface area contributed by atoms with Gasteiger partial charge in [-0.3, -0.25) is 4.79 Å². The van der Waals surface area contributed by atoms with Gasteiger partial charge in [0.15, 0.2) is 5.76 Å². The van der Waals surface area contributed by atoms with E-state index >= 15 is 0 Å². The van der Waals surface area contributed by atoms with E-state index < -0.39 is 0 Å². The average Bonchev–Trinajstić information content (AvgIpc) is 2.94. The molecule has 1 atom stereocenters. The predicted octanol–water partition coefficient (Wildman–Crippen LogP) is 3.13. The summed E-state index contributed by atoms with van der Waals surface area (Å²) in [5.74, 6) is 0.273. The summed E-state index contributed by atoms with van der Waals surface area (Å²) in [6, 6.07) is 5.67. The van der Waals surface area contributed by atoms with Gasteiger partial charge in [-0.1, -0.05) is 15.9 Å². The van der Waals surface area contributed by atoms with Gasteiger partial charge in [-0.05, 0) is 40.5 Å². The van der Waals surface area contributed by atoms with Gasteiger partial charge in [0.1, 0.15) is 5.58 Å². The summed E-state index contributed by atoms with van der Waals surface area (Å²) in [6.07, 6.45) is 0.848. The summed E-state index contributed by atoms with van der Waals surface area (Å²) in [7, 11) is 0. The zero-order valence-corrected chi connectivity index (χ0v) is 13.2. The van der Waals surface area contributed by atoms with Crippen molar-refractivity contribution in [3.63, 3.8) is 0 Å². The van der Waals surface area contributed by atoms with E-state index in [0.717, 1.165) is 20.8 Å². The number of nitrogens with two attached hydrogens (primary N) is 1. The largest absolute Gasteiger partial charge is 0.450 e. The molecule has 1 saturated heterocycles. The number of likely N-dealkylation sites (tertiary alicyclic amines) is 1. The number of nitrogens with zero attached hydrogens (tertiary/aromatic N) is 1. The molecule has 0 aliphatic carbocycles. The molecule has 1 aromatic heterocycles. The van der Waals surface area contributed by atoms with E-state index in [4.69, 9.17) is 10.2 Å². The molecule has 6 heteroatoms. The number of hydrogen-bond acceptors (Lipinski definition) is 3. The second-order valence-corrected chi connectivity index (χ2v) is 6.49. The number of hydrogen-bond donors (Lipinski definition) is 1. The monoisotopic (exact) mass is 386 g/mol. The highest BCUT2D eigenvalue weighted by Crippen LogP contribution is 2.31. The predicted molar refractivity (Wildman–Crippen MR) is 80.1 cm³/mol. The minimum absolute atomic E-state index is 0.0780. The van der Waals surface area contributed by atoms with E-state index in [1.807, 2.05) is 12.1 Å². The normalized spacial score (nSPS) is 19.3. The SMILES string of the molecule is N[C@@H]1CCN(C(=O)c2cc3cc(Br)cc(Br)c3o2)C1. The van der Waals surface area contributed by atoms with Crippen molar-refractivity contribution in [1.82, 2.24) is 4.90 Å².